The van der Waals surface area contributed by atoms with Crippen LogP contribution in [0, 0.1) is 6.92 Å². The van der Waals surface area contributed by atoms with Crippen LogP contribution in [0.4, 0.5) is 0 Å². The lowest BCUT2D eigenvalue weighted by Gasteiger charge is -2.31. The van der Waals surface area contributed by atoms with Gasteiger partial charge in [-0.05, 0) is 44.0 Å². The lowest BCUT2D eigenvalue weighted by Crippen LogP contribution is -2.43. The molecule has 2 aromatic rings. The summed E-state index contributed by atoms with van der Waals surface area (Å²) in [6.45, 7) is 1.96. The molecule has 1 aliphatic rings. The highest BCUT2D eigenvalue weighted by Gasteiger charge is 2.30. The van der Waals surface area contributed by atoms with Crippen molar-refractivity contribution >= 4 is 21.8 Å². The van der Waals surface area contributed by atoms with Crippen molar-refractivity contribution in [3.8, 4) is 0 Å². The van der Waals surface area contributed by atoms with Crippen LogP contribution in [0.3, 0.4) is 0 Å². The molecule has 1 fully saturated rings. The Morgan fingerprint density at radius 1 is 0.958 bits per heavy atom. The van der Waals surface area contributed by atoms with Crippen LogP contribution in [-0.4, -0.2) is 19.7 Å². The van der Waals surface area contributed by atoms with Crippen molar-refractivity contribution in [1.82, 2.24) is 4.72 Å². The summed E-state index contributed by atoms with van der Waals surface area (Å²) in [5, 5.41) is 0.279. The van der Waals surface area contributed by atoms with Gasteiger partial charge in [-0.25, -0.2) is 13.1 Å². The molecule has 0 aliphatic heterocycles. The predicted molar refractivity (Wildman–Crippen MR) is 99.8 cm³/mol. The van der Waals surface area contributed by atoms with Crippen LogP contribution in [0.25, 0.3) is 0 Å². The molecule has 0 unspecified atom stereocenters. The number of thioether (sulfide) groups is 1. The summed E-state index contributed by atoms with van der Waals surface area (Å²) < 4.78 is 28.3. The Balaban J connectivity index is 1.74. The molecule has 0 spiro atoms. The van der Waals surface area contributed by atoms with Gasteiger partial charge in [0.25, 0.3) is 0 Å². The molecule has 0 heterocycles. The van der Waals surface area contributed by atoms with Crippen LogP contribution < -0.4 is 4.72 Å². The number of hydrogen-bond acceptors (Lipinski definition) is 3. The highest BCUT2D eigenvalue weighted by Crippen LogP contribution is 2.34. The van der Waals surface area contributed by atoms with Gasteiger partial charge in [0.2, 0.25) is 10.0 Å². The zero-order chi connectivity index (χ0) is 17.0. The van der Waals surface area contributed by atoms with Crippen molar-refractivity contribution < 1.29 is 8.42 Å². The first-order chi connectivity index (χ1) is 11.5. The van der Waals surface area contributed by atoms with E-state index in [1.807, 2.05) is 37.3 Å². The Hall–Kier alpha value is -1.30. The SMILES string of the molecule is Cc1ccc(S(=O)(=O)N[C@@H]2CCCC[C@H]2Sc2ccccc2)cc1. The molecular formula is C19H23NO2S2. The smallest absolute Gasteiger partial charge is 0.207 e. The predicted octanol–water partition coefficient (Wildman–Crippen LogP) is 4.38. The highest BCUT2D eigenvalue weighted by molar-refractivity contribution is 8.00. The van der Waals surface area contributed by atoms with Gasteiger partial charge in [0.05, 0.1) is 4.90 Å². The Kier molecular flexibility index (Phi) is 5.64. The molecule has 0 aromatic heterocycles. The summed E-state index contributed by atoms with van der Waals surface area (Å²) in [6, 6.07) is 17.2. The molecule has 0 radical (unpaired) electrons. The first kappa shape index (κ1) is 17.5. The fraction of sp³-hybridized carbons (Fsp3) is 0.368. The fourth-order valence-corrected chi connectivity index (χ4v) is 5.75. The van der Waals surface area contributed by atoms with Gasteiger partial charge in [-0.3, -0.25) is 0 Å². The number of benzene rings is 2. The van der Waals surface area contributed by atoms with Crippen molar-refractivity contribution in [1.29, 1.82) is 0 Å². The average molecular weight is 362 g/mol. The molecule has 2 aromatic carbocycles. The van der Waals surface area contributed by atoms with E-state index in [1.165, 1.54) is 4.90 Å². The van der Waals surface area contributed by atoms with E-state index >= 15 is 0 Å². The highest BCUT2D eigenvalue weighted by atomic mass is 32.2. The monoisotopic (exact) mass is 361 g/mol. The van der Waals surface area contributed by atoms with E-state index in [0.717, 1.165) is 31.2 Å². The first-order valence-electron chi connectivity index (χ1n) is 8.35. The van der Waals surface area contributed by atoms with Crippen LogP contribution in [-0.2, 0) is 10.0 Å². The maximum atomic E-state index is 12.7. The van der Waals surface area contributed by atoms with E-state index in [0.29, 0.717) is 4.90 Å². The van der Waals surface area contributed by atoms with Crippen LogP contribution in [0.1, 0.15) is 31.2 Å². The summed E-state index contributed by atoms with van der Waals surface area (Å²) in [7, 11) is -3.47. The molecule has 24 heavy (non-hydrogen) atoms. The topological polar surface area (TPSA) is 46.2 Å². The normalized spacial score (nSPS) is 21.5. The van der Waals surface area contributed by atoms with E-state index in [-0.39, 0.29) is 11.3 Å². The van der Waals surface area contributed by atoms with Crippen LogP contribution in [0.15, 0.2) is 64.4 Å². The van der Waals surface area contributed by atoms with E-state index in [4.69, 9.17) is 0 Å². The number of hydrogen-bond donors (Lipinski definition) is 1. The van der Waals surface area contributed by atoms with Crippen LogP contribution >= 0.6 is 11.8 Å². The van der Waals surface area contributed by atoms with E-state index < -0.39 is 10.0 Å². The number of rotatable bonds is 5. The van der Waals surface area contributed by atoms with E-state index in [1.54, 1.807) is 23.9 Å². The lowest BCUT2D eigenvalue weighted by atomic mass is 9.96. The largest absolute Gasteiger partial charge is 0.240 e. The van der Waals surface area contributed by atoms with Crippen molar-refractivity contribution in [3.05, 3.63) is 60.2 Å². The molecule has 0 saturated heterocycles. The third-order valence-corrected chi connectivity index (χ3v) is 7.29. The van der Waals surface area contributed by atoms with Gasteiger partial charge in [-0.1, -0.05) is 48.7 Å². The van der Waals surface area contributed by atoms with E-state index in [9.17, 15) is 8.42 Å². The number of aryl methyl sites for hydroxylation is 1. The standard InChI is InChI=1S/C19H23NO2S2/c1-15-11-13-17(14-12-15)24(21,22)20-18-9-5-6-10-19(18)23-16-7-3-2-4-8-16/h2-4,7-8,11-14,18-20H,5-6,9-10H2,1H3/t18-,19-/m1/s1. The first-order valence-corrected chi connectivity index (χ1v) is 10.7. The maximum absolute atomic E-state index is 12.7. The summed E-state index contributed by atoms with van der Waals surface area (Å²) in [4.78, 5) is 1.55. The van der Waals surface area contributed by atoms with Crippen molar-refractivity contribution in [2.45, 2.75) is 53.7 Å². The fourth-order valence-electron chi connectivity index (χ4n) is 3.03. The maximum Gasteiger partial charge on any atom is 0.240 e. The minimum absolute atomic E-state index is 0.0183. The molecule has 1 saturated carbocycles. The molecule has 1 aliphatic carbocycles. The quantitative estimate of drug-likeness (QED) is 0.860. The Morgan fingerprint density at radius 2 is 1.62 bits per heavy atom. The number of nitrogens with one attached hydrogen (secondary N) is 1. The molecule has 128 valence electrons. The zero-order valence-corrected chi connectivity index (χ0v) is 15.4. The zero-order valence-electron chi connectivity index (χ0n) is 13.8. The Morgan fingerprint density at radius 3 is 2.33 bits per heavy atom. The van der Waals surface area contributed by atoms with Crippen molar-refractivity contribution in [2.75, 3.05) is 0 Å². The molecule has 1 N–H and O–H groups in total. The van der Waals surface area contributed by atoms with Gasteiger partial charge in [0.15, 0.2) is 0 Å². The van der Waals surface area contributed by atoms with Gasteiger partial charge in [-0.2, -0.15) is 0 Å². The van der Waals surface area contributed by atoms with Crippen LogP contribution in [0.2, 0.25) is 0 Å². The summed E-state index contributed by atoms with van der Waals surface area (Å²) in [5.41, 5.74) is 1.06. The van der Waals surface area contributed by atoms with E-state index in [2.05, 4.69) is 16.9 Å². The molecule has 2 atom stereocenters. The van der Waals surface area contributed by atoms with Gasteiger partial charge >= 0.3 is 0 Å². The second-order valence-corrected chi connectivity index (χ2v) is 9.32. The van der Waals surface area contributed by atoms with Gasteiger partial charge in [0, 0.05) is 16.2 Å². The van der Waals surface area contributed by atoms with Crippen molar-refractivity contribution in [2.24, 2.45) is 0 Å². The molecule has 5 heteroatoms. The molecule has 3 rings (SSSR count). The summed E-state index contributed by atoms with van der Waals surface area (Å²) in [5.74, 6) is 0. The molecular weight excluding hydrogens is 338 g/mol. The number of sulfonamides is 1. The van der Waals surface area contributed by atoms with Gasteiger partial charge in [-0.15, -0.1) is 11.8 Å². The second-order valence-electron chi connectivity index (χ2n) is 6.29. The molecule has 0 bridgehead atoms. The van der Waals surface area contributed by atoms with Gasteiger partial charge in [0.1, 0.15) is 0 Å². The average Bonchev–Trinajstić information content (AvgIpc) is 2.58. The Bertz CT molecular complexity index is 758. The molecule has 0 amide bonds. The second kappa shape index (κ2) is 7.72. The van der Waals surface area contributed by atoms with Crippen molar-refractivity contribution in [3.63, 3.8) is 0 Å². The summed E-state index contributed by atoms with van der Waals surface area (Å²) in [6.07, 6.45) is 4.18. The minimum Gasteiger partial charge on any atom is -0.207 e. The summed E-state index contributed by atoms with van der Waals surface area (Å²) >= 11 is 1.78. The third-order valence-electron chi connectivity index (χ3n) is 4.37. The lowest BCUT2D eigenvalue weighted by molar-refractivity contribution is 0.423. The third kappa shape index (κ3) is 4.41. The Labute approximate surface area is 148 Å². The van der Waals surface area contributed by atoms with Crippen LogP contribution in [0.5, 0.6) is 0 Å². The minimum atomic E-state index is -3.47. The van der Waals surface area contributed by atoms with Gasteiger partial charge < -0.3 is 0 Å². The molecule has 3 nitrogen and oxygen atoms in total.